The maximum absolute atomic E-state index is 11.7. The Balaban J connectivity index is 2.60. The molecule has 0 fully saturated rings. The highest BCUT2D eigenvalue weighted by Gasteiger charge is 2.09. The van der Waals surface area contributed by atoms with Crippen molar-refractivity contribution in [2.24, 2.45) is 5.92 Å². The van der Waals surface area contributed by atoms with Crippen LogP contribution in [0.5, 0.6) is 11.5 Å². The summed E-state index contributed by atoms with van der Waals surface area (Å²) in [7, 11) is 1.59. The zero-order chi connectivity index (χ0) is 15.7. The summed E-state index contributed by atoms with van der Waals surface area (Å²) in [5.41, 5.74) is 1.09. The van der Waals surface area contributed by atoms with E-state index in [1.54, 1.807) is 7.11 Å². The molecule has 1 amide bonds. The lowest BCUT2D eigenvalue weighted by molar-refractivity contribution is -0.123. The van der Waals surface area contributed by atoms with Gasteiger partial charge in [0, 0.05) is 13.1 Å². The monoisotopic (exact) mass is 294 g/mol. The summed E-state index contributed by atoms with van der Waals surface area (Å²) in [6.45, 7) is 8.46. The fourth-order valence-electron chi connectivity index (χ4n) is 1.73. The van der Waals surface area contributed by atoms with Crippen LogP contribution in [0.25, 0.3) is 0 Å². The lowest BCUT2D eigenvalue weighted by atomic mass is 10.2. The van der Waals surface area contributed by atoms with Gasteiger partial charge in [0.05, 0.1) is 7.11 Å². The van der Waals surface area contributed by atoms with Gasteiger partial charge in [-0.25, -0.2) is 0 Å². The standard InChI is InChI=1S/C16H26N2O3/c1-5-17-10-13-6-7-14(20-4)15(8-13)21-11-16(19)18-9-12(2)3/h6-8,12,17H,5,9-11H2,1-4H3,(H,18,19). The van der Waals surface area contributed by atoms with Crippen molar-refractivity contribution in [1.29, 1.82) is 0 Å². The van der Waals surface area contributed by atoms with Crippen LogP contribution in [0, 0.1) is 5.92 Å². The Morgan fingerprint density at radius 2 is 2.05 bits per heavy atom. The summed E-state index contributed by atoms with van der Waals surface area (Å²) in [4.78, 5) is 11.7. The van der Waals surface area contributed by atoms with Gasteiger partial charge in [-0.2, -0.15) is 0 Å². The number of methoxy groups -OCH3 is 1. The van der Waals surface area contributed by atoms with Crippen LogP contribution in [0.4, 0.5) is 0 Å². The molecule has 0 saturated heterocycles. The van der Waals surface area contributed by atoms with Gasteiger partial charge in [-0.15, -0.1) is 0 Å². The molecule has 1 rings (SSSR count). The third-order valence-electron chi connectivity index (χ3n) is 2.87. The first-order chi connectivity index (χ1) is 10.1. The lowest BCUT2D eigenvalue weighted by Gasteiger charge is -2.13. The molecular weight excluding hydrogens is 268 g/mol. The van der Waals surface area contributed by atoms with Gasteiger partial charge in [0.25, 0.3) is 5.91 Å². The first kappa shape index (κ1) is 17.3. The Bertz CT molecular complexity index is 447. The van der Waals surface area contributed by atoms with E-state index in [4.69, 9.17) is 9.47 Å². The predicted octanol–water partition coefficient (Wildman–Crippen LogP) is 1.96. The fraction of sp³-hybridized carbons (Fsp3) is 0.562. The van der Waals surface area contributed by atoms with Gasteiger partial charge in [-0.3, -0.25) is 4.79 Å². The van der Waals surface area contributed by atoms with E-state index in [1.807, 2.05) is 32.0 Å². The molecule has 0 unspecified atom stereocenters. The first-order valence-electron chi connectivity index (χ1n) is 7.34. The minimum atomic E-state index is -0.122. The van der Waals surface area contributed by atoms with E-state index >= 15 is 0 Å². The minimum Gasteiger partial charge on any atom is -0.493 e. The molecule has 2 N–H and O–H groups in total. The Labute approximate surface area is 127 Å². The maximum atomic E-state index is 11.7. The molecule has 1 aromatic rings. The Kier molecular flexibility index (Phi) is 7.61. The van der Waals surface area contributed by atoms with Gasteiger partial charge in [0.2, 0.25) is 0 Å². The summed E-state index contributed by atoms with van der Waals surface area (Å²) in [6, 6.07) is 5.73. The third kappa shape index (κ3) is 6.49. The number of carbonyl (C=O) groups is 1. The molecule has 0 aromatic heterocycles. The highest BCUT2D eigenvalue weighted by molar-refractivity contribution is 5.77. The number of amides is 1. The number of carbonyl (C=O) groups excluding carboxylic acids is 1. The molecule has 0 aliphatic carbocycles. The molecule has 0 radical (unpaired) electrons. The fourth-order valence-corrected chi connectivity index (χ4v) is 1.73. The van der Waals surface area contributed by atoms with Crippen LogP contribution < -0.4 is 20.1 Å². The van der Waals surface area contributed by atoms with Crippen LogP contribution in [0.15, 0.2) is 18.2 Å². The average Bonchev–Trinajstić information content (AvgIpc) is 2.48. The number of hydrogen-bond acceptors (Lipinski definition) is 4. The van der Waals surface area contributed by atoms with Gasteiger partial charge in [0.15, 0.2) is 18.1 Å². The van der Waals surface area contributed by atoms with Crippen LogP contribution >= 0.6 is 0 Å². The van der Waals surface area contributed by atoms with Crippen LogP contribution in [0.2, 0.25) is 0 Å². The highest BCUT2D eigenvalue weighted by Crippen LogP contribution is 2.27. The molecule has 0 atom stereocenters. The SMILES string of the molecule is CCNCc1ccc(OC)c(OCC(=O)NCC(C)C)c1. The van der Waals surface area contributed by atoms with E-state index < -0.39 is 0 Å². The third-order valence-corrected chi connectivity index (χ3v) is 2.87. The average molecular weight is 294 g/mol. The second-order valence-electron chi connectivity index (χ2n) is 5.25. The van der Waals surface area contributed by atoms with E-state index in [0.29, 0.717) is 24.0 Å². The van der Waals surface area contributed by atoms with Crippen molar-refractivity contribution in [2.75, 3.05) is 26.8 Å². The van der Waals surface area contributed by atoms with Crippen molar-refractivity contribution in [3.05, 3.63) is 23.8 Å². The summed E-state index contributed by atoms with van der Waals surface area (Å²) in [6.07, 6.45) is 0. The molecule has 0 aliphatic rings. The first-order valence-corrected chi connectivity index (χ1v) is 7.34. The Morgan fingerprint density at radius 3 is 2.67 bits per heavy atom. The number of benzene rings is 1. The van der Waals surface area contributed by atoms with Crippen molar-refractivity contribution in [2.45, 2.75) is 27.3 Å². The van der Waals surface area contributed by atoms with Crippen LogP contribution in [-0.2, 0) is 11.3 Å². The van der Waals surface area contributed by atoms with Crippen LogP contribution in [0.3, 0.4) is 0 Å². The summed E-state index contributed by atoms with van der Waals surface area (Å²) in [5, 5.41) is 6.07. The predicted molar refractivity (Wildman–Crippen MR) is 83.7 cm³/mol. The molecule has 118 valence electrons. The smallest absolute Gasteiger partial charge is 0.257 e. The molecule has 1 aromatic carbocycles. The van der Waals surface area contributed by atoms with E-state index in [0.717, 1.165) is 18.7 Å². The number of rotatable bonds is 9. The zero-order valence-electron chi connectivity index (χ0n) is 13.4. The highest BCUT2D eigenvalue weighted by atomic mass is 16.5. The largest absolute Gasteiger partial charge is 0.493 e. The Hall–Kier alpha value is -1.75. The molecule has 0 spiro atoms. The van der Waals surface area contributed by atoms with Crippen molar-refractivity contribution < 1.29 is 14.3 Å². The van der Waals surface area contributed by atoms with Crippen molar-refractivity contribution in [3.8, 4) is 11.5 Å². The quantitative estimate of drug-likeness (QED) is 0.731. The van der Waals surface area contributed by atoms with Crippen molar-refractivity contribution in [1.82, 2.24) is 10.6 Å². The lowest BCUT2D eigenvalue weighted by Crippen LogP contribution is -2.31. The molecular formula is C16H26N2O3. The summed E-state index contributed by atoms with van der Waals surface area (Å²) < 4.78 is 10.8. The maximum Gasteiger partial charge on any atom is 0.257 e. The van der Waals surface area contributed by atoms with E-state index in [9.17, 15) is 4.79 Å². The molecule has 21 heavy (non-hydrogen) atoms. The molecule has 0 bridgehead atoms. The van der Waals surface area contributed by atoms with Gasteiger partial charge < -0.3 is 20.1 Å². The summed E-state index contributed by atoms with van der Waals surface area (Å²) >= 11 is 0. The van der Waals surface area contributed by atoms with E-state index in [2.05, 4.69) is 17.6 Å². The zero-order valence-corrected chi connectivity index (χ0v) is 13.4. The molecule has 0 aliphatic heterocycles. The van der Waals surface area contributed by atoms with Crippen LogP contribution in [0.1, 0.15) is 26.3 Å². The van der Waals surface area contributed by atoms with Crippen molar-refractivity contribution >= 4 is 5.91 Å². The van der Waals surface area contributed by atoms with Crippen molar-refractivity contribution in [3.63, 3.8) is 0 Å². The van der Waals surface area contributed by atoms with Gasteiger partial charge in [-0.05, 0) is 30.2 Å². The molecule has 5 nitrogen and oxygen atoms in total. The van der Waals surface area contributed by atoms with Gasteiger partial charge >= 0.3 is 0 Å². The normalized spacial score (nSPS) is 10.5. The van der Waals surface area contributed by atoms with E-state index in [1.165, 1.54) is 0 Å². The number of hydrogen-bond donors (Lipinski definition) is 2. The topological polar surface area (TPSA) is 59.6 Å². The molecule has 0 heterocycles. The van der Waals surface area contributed by atoms with Gasteiger partial charge in [-0.1, -0.05) is 26.8 Å². The minimum absolute atomic E-state index is 0.00621. The molecule has 0 saturated carbocycles. The Morgan fingerprint density at radius 1 is 1.29 bits per heavy atom. The number of ether oxygens (including phenoxy) is 2. The number of nitrogens with one attached hydrogen (secondary N) is 2. The summed E-state index contributed by atoms with van der Waals surface area (Å²) in [5.74, 6) is 1.52. The van der Waals surface area contributed by atoms with Gasteiger partial charge in [0.1, 0.15) is 0 Å². The van der Waals surface area contributed by atoms with E-state index in [-0.39, 0.29) is 12.5 Å². The second-order valence-corrected chi connectivity index (χ2v) is 5.25. The molecule has 5 heteroatoms. The second kappa shape index (κ2) is 9.23. The van der Waals surface area contributed by atoms with Crippen LogP contribution in [-0.4, -0.2) is 32.7 Å².